The third-order valence-electron chi connectivity index (χ3n) is 4.30. The number of carboxylic acid groups (broad SMARTS) is 1. The maximum atomic E-state index is 12.7. The molecule has 144 valence electrons. The molecule has 3 aromatic carbocycles. The van der Waals surface area contributed by atoms with Crippen molar-refractivity contribution in [3.8, 4) is 0 Å². The van der Waals surface area contributed by atoms with Gasteiger partial charge in [0.1, 0.15) is 0 Å². The molecular weight excluding hydrogens is 398 g/mol. The van der Waals surface area contributed by atoms with Crippen molar-refractivity contribution in [3.05, 3.63) is 94.5 Å². The van der Waals surface area contributed by atoms with Gasteiger partial charge in [0.15, 0.2) is 0 Å². The number of nitrogens with one attached hydrogen (secondary N) is 1. The first-order chi connectivity index (χ1) is 13.4. The van der Waals surface area contributed by atoms with Crippen molar-refractivity contribution in [2.24, 2.45) is 0 Å². The zero-order chi connectivity index (χ0) is 20.1. The van der Waals surface area contributed by atoms with E-state index in [0.717, 1.165) is 5.56 Å². The number of hydrogen-bond acceptors (Lipinski definition) is 3. The van der Waals surface area contributed by atoms with E-state index < -0.39 is 16.0 Å². The number of hydrogen-bond donors (Lipinski definition) is 2. The molecule has 3 aromatic rings. The topological polar surface area (TPSA) is 83.5 Å². The van der Waals surface area contributed by atoms with E-state index in [1.165, 1.54) is 24.3 Å². The average Bonchev–Trinajstić information content (AvgIpc) is 2.67. The van der Waals surface area contributed by atoms with E-state index in [1.807, 2.05) is 12.1 Å². The number of para-hydroxylation sites is 1. The Labute approximate surface area is 168 Å². The second kappa shape index (κ2) is 8.46. The zero-order valence-electron chi connectivity index (χ0n) is 14.8. The minimum atomic E-state index is -3.76. The Morgan fingerprint density at radius 2 is 1.43 bits per heavy atom. The lowest BCUT2D eigenvalue weighted by Gasteiger charge is -2.13. The van der Waals surface area contributed by atoms with Gasteiger partial charge < -0.3 is 5.11 Å². The van der Waals surface area contributed by atoms with Gasteiger partial charge in [-0.05, 0) is 60.4 Å². The largest absolute Gasteiger partial charge is 0.478 e. The number of aryl methyl sites for hydroxylation is 2. The molecule has 0 bridgehead atoms. The minimum absolute atomic E-state index is 0.114. The number of carbonyl (C=O) groups is 1. The summed E-state index contributed by atoms with van der Waals surface area (Å²) >= 11 is 5.82. The Morgan fingerprint density at radius 1 is 0.857 bits per heavy atom. The molecule has 0 amide bonds. The Balaban J connectivity index is 1.82. The first kappa shape index (κ1) is 19.9. The Hall–Kier alpha value is -2.83. The molecule has 0 unspecified atom stereocenters. The molecular formula is C21H18ClNO4S. The van der Waals surface area contributed by atoms with Crippen LogP contribution in [0, 0.1) is 0 Å². The minimum Gasteiger partial charge on any atom is -0.478 e. The van der Waals surface area contributed by atoms with E-state index in [9.17, 15) is 18.3 Å². The summed E-state index contributed by atoms with van der Waals surface area (Å²) in [6.45, 7) is 0. The van der Waals surface area contributed by atoms with Crippen LogP contribution in [0.4, 0.5) is 5.69 Å². The Morgan fingerprint density at radius 3 is 2.11 bits per heavy atom. The van der Waals surface area contributed by atoms with Crippen LogP contribution in [0.25, 0.3) is 0 Å². The van der Waals surface area contributed by atoms with Crippen molar-refractivity contribution in [3.63, 3.8) is 0 Å². The highest BCUT2D eigenvalue weighted by Crippen LogP contribution is 2.23. The van der Waals surface area contributed by atoms with Gasteiger partial charge in [0.2, 0.25) is 0 Å². The summed E-state index contributed by atoms with van der Waals surface area (Å²) in [5, 5.41) is 9.77. The molecule has 2 N–H and O–H groups in total. The molecule has 0 radical (unpaired) electrons. The van der Waals surface area contributed by atoms with E-state index in [2.05, 4.69) is 4.72 Å². The average molecular weight is 416 g/mol. The third-order valence-corrected chi connectivity index (χ3v) is 5.93. The number of sulfonamides is 1. The fourth-order valence-corrected chi connectivity index (χ4v) is 4.10. The maximum absolute atomic E-state index is 12.7. The maximum Gasteiger partial charge on any atom is 0.335 e. The van der Waals surface area contributed by atoms with Crippen LogP contribution < -0.4 is 4.72 Å². The van der Waals surface area contributed by atoms with E-state index in [0.29, 0.717) is 29.1 Å². The Bertz CT molecular complexity index is 1100. The quantitative estimate of drug-likeness (QED) is 0.589. The fraction of sp³-hybridized carbons (Fsp3) is 0.0952. The Kier molecular flexibility index (Phi) is 6.02. The van der Waals surface area contributed by atoms with Crippen LogP contribution in [-0.4, -0.2) is 19.5 Å². The number of aromatic carboxylic acids is 1. The molecule has 3 rings (SSSR count). The number of rotatable bonds is 7. The molecule has 0 aliphatic heterocycles. The van der Waals surface area contributed by atoms with Crippen molar-refractivity contribution in [2.75, 3.05) is 4.72 Å². The van der Waals surface area contributed by atoms with Gasteiger partial charge in [0.25, 0.3) is 10.0 Å². The lowest BCUT2D eigenvalue weighted by molar-refractivity contribution is 0.0695. The van der Waals surface area contributed by atoms with Gasteiger partial charge in [-0.1, -0.05) is 48.0 Å². The van der Waals surface area contributed by atoms with Crippen molar-refractivity contribution in [1.82, 2.24) is 0 Å². The summed E-state index contributed by atoms with van der Waals surface area (Å²) in [6.07, 6.45) is 0.964. The smallest absolute Gasteiger partial charge is 0.335 e. The van der Waals surface area contributed by atoms with Gasteiger partial charge in [-0.2, -0.15) is 0 Å². The zero-order valence-corrected chi connectivity index (χ0v) is 16.4. The van der Waals surface area contributed by atoms with Gasteiger partial charge in [-0.15, -0.1) is 0 Å². The normalized spacial score (nSPS) is 11.2. The summed E-state index contributed by atoms with van der Waals surface area (Å²) in [6, 6.07) is 19.8. The van der Waals surface area contributed by atoms with Crippen LogP contribution in [-0.2, 0) is 22.9 Å². The molecule has 5 nitrogen and oxygen atoms in total. The predicted molar refractivity (Wildman–Crippen MR) is 110 cm³/mol. The highest BCUT2D eigenvalue weighted by molar-refractivity contribution is 7.92. The van der Waals surface area contributed by atoms with E-state index in [-0.39, 0.29) is 10.5 Å². The number of carboxylic acids is 1. The summed E-state index contributed by atoms with van der Waals surface area (Å²) in [4.78, 5) is 11.5. The summed E-state index contributed by atoms with van der Waals surface area (Å²) < 4.78 is 27.9. The second-order valence-corrected chi connectivity index (χ2v) is 8.30. The molecule has 0 fully saturated rings. The van der Waals surface area contributed by atoms with Gasteiger partial charge in [0, 0.05) is 5.02 Å². The molecule has 0 aliphatic carbocycles. The van der Waals surface area contributed by atoms with Crippen molar-refractivity contribution in [2.45, 2.75) is 17.7 Å². The van der Waals surface area contributed by atoms with Crippen molar-refractivity contribution < 1.29 is 18.3 Å². The molecule has 0 spiro atoms. The van der Waals surface area contributed by atoms with E-state index in [4.69, 9.17) is 11.6 Å². The highest BCUT2D eigenvalue weighted by Gasteiger charge is 2.16. The van der Waals surface area contributed by atoms with Crippen LogP contribution in [0.1, 0.15) is 21.5 Å². The lowest BCUT2D eigenvalue weighted by atomic mass is 9.99. The summed E-state index contributed by atoms with van der Waals surface area (Å²) in [5.74, 6) is -0.979. The van der Waals surface area contributed by atoms with Crippen LogP contribution in [0.15, 0.2) is 77.7 Å². The van der Waals surface area contributed by atoms with E-state index >= 15 is 0 Å². The van der Waals surface area contributed by atoms with Crippen LogP contribution >= 0.6 is 11.6 Å². The highest BCUT2D eigenvalue weighted by atomic mass is 35.5. The molecule has 0 aromatic heterocycles. The lowest BCUT2D eigenvalue weighted by Crippen LogP contribution is -2.14. The molecule has 0 heterocycles. The fourth-order valence-electron chi connectivity index (χ4n) is 2.87. The van der Waals surface area contributed by atoms with Crippen LogP contribution in [0.2, 0.25) is 5.02 Å². The first-order valence-corrected chi connectivity index (χ1v) is 10.4. The second-order valence-electron chi connectivity index (χ2n) is 6.18. The number of benzene rings is 3. The van der Waals surface area contributed by atoms with Gasteiger partial charge in [0.05, 0.1) is 16.1 Å². The molecule has 7 heteroatoms. The molecule has 0 atom stereocenters. The van der Waals surface area contributed by atoms with Crippen molar-refractivity contribution in [1.29, 1.82) is 0 Å². The van der Waals surface area contributed by atoms with Crippen LogP contribution in [0.3, 0.4) is 0 Å². The van der Waals surface area contributed by atoms with Gasteiger partial charge in [-0.25, -0.2) is 13.2 Å². The van der Waals surface area contributed by atoms with Gasteiger partial charge in [-0.3, -0.25) is 4.72 Å². The molecule has 0 saturated heterocycles. The number of anilines is 1. The standard InChI is InChI=1S/C21H18ClNO4S/c22-17-11-13-18(14-12-17)28(26,27)23-20-8-4-2-6-16(20)10-9-15-5-1-3-7-19(15)21(24)25/h1-8,11-14,23H,9-10H2,(H,24,25). The summed E-state index contributed by atoms with van der Waals surface area (Å²) in [7, 11) is -3.76. The summed E-state index contributed by atoms with van der Waals surface area (Å²) in [5.41, 5.74) is 2.19. The van der Waals surface area contributed by atoms with E-state index in [1.54, 1.807) is 36.4 Å². The first-order valence-electron chi connectivity index (χ1n) is 8.54. The molecule has 28 heavy (non-hydrogen) atoms. The monoisotopic (exact) mass is 415 g/mol. The number of halogens is 1. The third kappa shape index (κ3) is 4.71. The van der Waals surface area contributed by atoms with Gasteiger partial charge >= 0.3 is 5.97 Å². The van der Waals surface area contributed by atoms with Crippen LogP contribution in [0.5, 0.6) is 0 Å². The van der Waals surface area contributed by atoms with Crippen molar-refractivity contribution >= 4 is 33.3 Å². The molecule has 0 aliphatic rings. The predicted octanol–water partition coefficient (Wildman–Crippen LogP) is 4.62. The molecule has 0 saturated carbocycles. The SMILES string of the molecule is O=C(O)c1ccccc1CCc1ccccc1NS(=O)(=O)c1ccc(Cl)cc1.